The molecule has 1 aromatic heterocycles. The Bertz CT molecular complexity index is 493. The first-order valence-corrected chi connectivity index (χ1v) is 7.71. The summed E-state index contributed by atoms with van der Waals surface area (Å²) in [5.41, 5.74) is 6.08. The smallest absolute Gasteiger partial charge is 0.238 e. The predicted octanol–water partition coefficient (Wildman–Crippen LogP) is 1.76. The zero-order valence-corrected chi connectivity index (χ0v) is 11.4. The first-order valence-electron chi connectivity index (χ1n) is 6.21. The maximum atomic E-state index is 12.4. The molecule has 18 heavy (non-hydrogen) atoms. The summed E-state index contributed by atoms with van der Waals surface area (Å²) in [5.74, 6) is 0.426. The Kier molecular flexibility index (Phi) is 3.75. The topological polar surface area (TPSA) is 76.3 Å². The number of pyridine rings is 1. The molecule has 1 aromatic rings. The molecule has 0 radical (unpaired) electrons. The van der Waals surface area contributed by atoms with Gasteiger partial charge in [-0.3, -0.25) is 4.31 Å². The van der Waals surface area contributed by atoms with Crippen LogP contribution >= 0.6 is 0 Å². The number of anilines is 2. The summed E-state index contributed by atoms with van der Waals surface area (Å²) in [6.07, 6.45) is 6.10. The highest BCUT2D eigenvalue weighted by Crippen LogP contribution is 2.27. The van der Waals surface area contributed by atoms with Crippen LogP contribution in [-0.2, 0) is 10.0 Å². The summed E-state index contributed by atoms with van der Waals surface area (Å²) in [4.78, 5) is 4.06. The molecular weight excluding hydrogens is 250 g/mol. The van der Waals surface area contributed by atoms with Gasteiger partial charge in [0, 0.05) is 7.05 Å². The molecule has 0 bridgehead atoms. The van der Waals surface area contributed by atoms with Crippen LogP contribution in [0.15, 0.2) is 18.3 Å². The highest BCUT2D eigenvalue weighted by atomic mass is 32.2. The number of aromatic nitrogens is 1. The molecule has 1 aliphatic carbocycles. The van der Waals surface area contributed by atoms with E-state index >= 15 is 0 Å². The van der Waals surface area contributed by atoms with Crippen LogP contribution in [0.5, 0.6) is 0 Å². The molecule has 2 N–H and O–H groups in total. The molecule has 1 fully saturated rings. The van der Waals surface area contributed by atoms with E-state index < -0.39 is 10.0 Å². The lowest BCUT2D eigenvalue weighted by Gasteiger charge is -2.27. The molecule has 100 valence electrons. The van der Waals surface area contributed by atoms with Crippen molar-refractivity contribution in [1.29, 1.82) is 0 Å². The Balaban J connectivity index is 2.20. The molecule has 6 heteroatoms. The van der Waals surface area contributed by atoms with Crippen LogP contribution in [0.3, 0.4) is 0 Å². The molecule has 0 amide bonds. The molecule has 0 atom stereocenters. The van der Waals surface area contributed by atoms with Gasteiger partial charge in [-0.25, -0.2) is 13.4 Å². The summed E-state index contributed by atoms with van der Waals surface area (Å²) >= 11 is 0. The molecule has 2 rings (SSSR count). The van der Waals surface area contributed by atoms with E-state index in [9.17, 15) is 8.42 Å². The summed E-state index contributed by atoms with van der Waals surface area (Å²) < 4.78 is 26.1. The van der Waals surface area contributed by atoms with Crippen molar-refractivity contribution in [2.75, 3.05) is 17.1 Å². The van der Waals surface area contributed by atoms with Gasteiger partial charge in [0.15, 0.2) is 0 Å². The van der Waals surface area contributed by atoms with Gasteiger partial charge in [-0.1, -0.05) is 19.3 Å². The van der Waals surface area contributed by atoms with Crippen molar-refractivity contribution in [3.05, 3.63) is 18.3 Å². The monoisotopic (exact) mass is 269 g/mol. The molecule has 0 unspecified atom stereocenters. The van der Waals surface area contributed by atoms with Crippen LogP contribution in [0, 0.1) is 0 Å². The van der Waals surface area contributed by atoms with Crippen molar-refractivity contribution in [2.24, 2.45) is 0 Å². The lowest BCUT2D eigenvalue weighted by molar-refractivity contribution is 0.483. The van der Waals surface area contributed by atoms with Crippen molar-refractivity contribution in [2.45, 2.75) is 37.4 Å². The van der Waals surface area contributed by atoms with E-state index in [1.165, 1.54) is 10.5 Å². The van der Waals surface area contributed by atoms with Crippen molar-refractivity contribution in [1.82, 2.24) is 4.98 Å². The average Bonchev–Trinajstić information content (AvgIpc) is 2.40. The largest absolute Gasteiger partial charge is 0.397 e. The minimum absolute atomic E-state index is 0.268. The van der Waals surface area contributed by atoms with Gasteiger partial charge in [-0.15, -0.1) is 0 Å². The van der Waals surface area contributed by atoms with E-state index in [1.54, 1.807) is 19.2 Å². The highest BCUT2D eigenvalue weighted by molar-refractivity contribution is 7.93. The maximum absolute atomic E-state index is 12.4. The minimum Gasteiger partial charge on any atom is -0.397 e. The molecule has 1 heterocycles. The Hall–Kier alpha value is -1.30. The summed E-state index contributed by atoms with van der Waals surface area (Å²) in [6, 6.07) is 3.30. The second-order valence-corrected chi connectivity index (χ2v) is 6.97. The van der Waals surface area contributed by atoms with E-state index in [1.807, 2.05) is 0 Å². The van der Waals surface area contributed by atoms with Crippen LogP contribution in [0.4, 0.5) is 11.5 Å². The van der Waals surface area contributed by atoms with Crippen molar-refractivity contribution in [3.8, 4) is 0 Å². The molecule has 0 saturated heterocycles. The van der Waals surface area contributed by atoms with E-state index in [-0.39, 0.29) is 5.25 Å². The fourth-order valence-corrected chi connectivity index (χ4v) is 4.05. The normalized spacial score (nSPS) is 17.6. The van der Waals surface area contributed by atoms with Crippen LogP contribution in [0.2, 0.25) is 0 Å². The van der Waals surface area contributed by atoms with E-state index in [0.717, 1.165) is 32.1 Å². The number of hydrogen-bond acceptors (Lipinski definition) is 4. The predicted molar refractivity (Wildman–Crippen MR) is 72.8 cm³/mol. The molecule has 1 aliphatic rings. The van der Waals surface area contributed by atoms with Crippen LogP contribution in [0.1, 0.15) is 32.1 Å². The van der Waals surface area contributed by atoms with E-state index in [0.29, 0.717) is 11.5 Å². The first kappa shape index (κ1) is 13.1. The van der Waals surface area contributed by atoms with Gasteiger partial charge in [0.1, 0.15) is 5.82 Å². The second-order valence-electron chi connectivity index (χ2n) is 4.72. The molecule has 0 aliphatic heterocycles. The highest BCUT2D eigenvalue weighted by Gasteiger charge is 2.31. The molecule has 0 aromatic carbocycles. The summed E-state index contributed by atoms with van der Waals surface area (Å²) in [7, 11) is -1.74. The van der Waals surface area contributed by atoms with Crippen LogP contribution < -0.4 is 10.0 Å². The van der Waals surface area contributed by atoms with Crippen LogP contribution in [0.25, 0.3) is 0 Å². The zero-order valence-electron chi connectivity index (χ0n) is 10.5. The Morgan fingerprint density at radius 1 is 1.28 bits per heavy atom. The number of nitrogen functional groups attached to an aromatic ring is 1. The van der Waals surface area contributed by atoms with Gasteiger partial charge in [0.05, 0.1) is 17.1 Å². The standard InChI is InChI=1S/C12H19N3O2S/c1-15(12-8-7-10(13)9-14-12)18(16,17)11-5-3-2-4-6-11/h7-9,11H,2-6,13H2,1H3. The Morgan fingerprint density at radius 3 is 2.50 bits per heavy atom. The lowest BCUT2D eigenvalue weighted by atomic mass is 10.0. The second kappa shape index (κ2) is 5.14. The van der Waals surface area contributed by atoms with Gasteiger partial charge in [0.25, 0.3) is 0 Å². The van der Waals surface area contributed by atoms with Crippen molar-refractivity contribution >= 4 is 21.5 Å². The average molecular weight is 269 g/mol. The Labute approximate surface area is 108 Å². The number of sulfonamides is 1. The van der Waals surface area contributed by atoms with E-state index in [4.69, 9.17) is 5.73 Å². The van der Waals surface area contributed by atoms with Gasteiger partial charge in [-0.05, 0) is 25.0 Å². The van der Waals surface area contributed by atoms with Crippen molar-refractivity contribution in [3.63, 3.8) is 0 Å². The summed E-state index contributed by atoms with van der Waals surface area (Å²) in [5, 5.41) is -0.268. The summed E-state index contributed by atoms with van der Waals surface area (Å²) in [6.45, 7) is 0. The maximum Gasteiger partial charge on any atom is 0.238 e. The molecular formula is C12H19N3O2S. The van der Waals surface area contributed by atoms with Crippen molar-refractivity contribution < 1.29 is 8.42 Å². The van der Waals surface area contributed by atoms with Gasteiger partial charge in [-0.2, -0.15) is 0 Å². The first-order chi connectivity index (χ1) is 8.51. The fourth-order valence-electron chi connectivity index (χ4n) is 2.30. The third-order valence-corrected chi connectivity index (χ3v) is 5.71. The Morgan fingerprint density at radius 2 is 1.94 bits per heavy atom. The SMILES string of the molecule is CN(c1ccc(N)cn1)S(=O)(=O)C1CCCCC1. The molecule has 1 saturated carbocycles. The quantitative estimate of drug-likeness (QED) is 0.907. The van der Waals surface area contributed by atoms with Gasteiger partial charge >= 0.3 is 0 Å². The fraction of sp³-hybridized carbons (Fsp3) is 0.583. The third-order valence-electron chi connectivity index (χ3n) is 3.45. The zero-order chi connectivity index (χ0) is 13.2. The number of nitrogens with two attached hydrogens (primary N) is 1. The van der Waals surface area contributed by atoms with E-state index in [2.05, 4.69) is 4.98 Å². The number of nitrogens with zero attached hydrogens (tertiary/aromatic N) is 2. The molecule has 0 spiro atoms. The van der Waals surface area contributed by atoms with Gasteiger partial charge < -0.3 is 5.73 Å². The number of rotatable bonds is 3. The number of hydrogen-bond donors (Lipinski definition) is 1. The molecule has 5 nitrogen and oxygen atoms in total. The third kappa shape index (κ3) is 2.58. The minimum atomic E-state index is -3.30. The van der Waals surface area contributed by atoms with Crippen LogP contribution in [-0.4, -0.2) is 25.7 Å². The lowest BCUT2D eigenvalue weighted by Crippen LogP contribution is -2.37. The van der Waals surface area contributed by atoms with Gasteiger partial charge in [0.2, 0.25) is 10.0 Å².